The zero-order chi connectivity index (χ0) is 18.2. The van der Waals surface area contributed by atoms with Gasteiger partial charge in [-0.1, -0.05) is 66.2 Å². The molecule has 1 amide bonds. The smallest absolute Gasteiger partial charge is 0.248 e. The zero-order valence-corrected chi connectivity index (χ0v) is 14.7. The van der Waals surface area contributed by atoms with E-state index in [0.29, 0.717) is 18.0 Å². The van der Waals surface area contributed by atoms with E-state index in [1.54, 1.807) is 6.08 Å². The number of carbonyl (C=O) groups is 1. The van der Waals surface area contributed by atoms with E-state index in [0.717, 1.165) is 11.1 Å². The first-order valence-electron chi connectivity index (χ1n) is 8.51. The Bertz CT molecular complexity index is 884. The SMILES string of the molecule is Cc1ccc(/C=C/C(=O)Nc2cccc(OCc3ccccc3)c2)cc1. The molecule has 3 heteroatoms. The summed E-state index contributed by atoms with van der Waals surface area (Å²) >= 11 is 0. The molecule has 0 saturated heterocycles. The molecule has 0 bridgehead atoms. The van der Waals surface area contributed by atoms with Crippen LogP contribution in [0.5, 0.6) is 5.75 Å². The largest absolute Gasteiger partial charge is 0.489 e. The third kappa shape index (κ3) is 5.35. The highest BCUT2D eigenvalue weighted by atomic mass is 16.5. The van der Waals surface area contributed by atoms with Crippen molar-refractivity contribution in [3.8, 4) is 5.75 Å². The summed E-state index contributed by atoms with van der Waals surface area (Å²) < 4.78 is 5.79. The van der Waals surface area contributed by atoms with Gasteiger partial charge >= 0.3 is 0 Å². The van der Waals surface area contributed by atoms with E-state index in [2.05, 4.69) is 5.32 Å². The molecule has 0 aliphatic rings. The number of amides is 1. The number of benzene rings is 3. The van der Waals surface area contributed by atoms with Gasteiger partial charge in [0.25, 0.3) is 0 Å². The number of carbonyl (C=O) groups excluding carboxylic acids is 1. The number of rotatable bonds is 6. The number of aryl methyl sites for hydroxylation is 1. The number of anilines is 1. The molecule has 0 aromatic heterocycles. The molecule has 0 unspecified atom stereocenters. The van der Waals surface area contributed by atoms with E-state index in [1.165, 1.54) is 11.6 Å². The minimum absolute atomic E-state index is 0.175. The highest BCUT2D eigenvalue weighted by Gasteiger charge is 2.01. The van der Waals surface area contributed by atoms with Crippen molar-refractivity contribution < 1.29 is 9.53 Å². The Hall–Kier alpha value is -3.33. The molecule has 0 fully saturated rings. The Morgan fingerprint density at radius 1 is 0.962 bits per heavy atom. The lowest BCUT2D eigenvalue weighted by molar-refractivity contribution is -0.111. The van der Waals surface area contributed by atoms with Crippen molar-refractivity contribution in [2.45, 2.75) is 13.5 Å². The highest BCUT2D eigenvalue weighted by molar-refractivity contribution is 6.02. The third-order valence-corrected chi connectivity index (χ3v) is 3.85. The Morgan fingerprint density at radius 2 is 1.73 bits per heavy atom. The summed E-state index contributed by atoms with van der Waals surface area (Å²) in [7, 11) is 0. The van der Waals surface area contributed by atoms with Crippen molar-refractivity contribution in [1.82, 2.24) is 0 Å². The van der Waals surface area contributed by atoms with Crippen LogP contribution >= 0.6 is 0 Å². The second kappa shape index (κ2) is 8.67. The van der Waals surface area contributed by atoms with Crippen LogP contribution < -0.4 is 10.1 Å². The van der Waals surface area contributed by atoms with Crippen molar-refractivity contribution in [3.63, 3.8) is 0 Å². The maximum atomic E-state index is 12.1. The van der Waals surface area contributed by atoms with E-state index in [9.17, 15) is 4.79 Å². The molecule has 1 N–H and O–H groups in total. The Morgan fingerprint density at radius 3 is 2.50 bits per heavy atom. The fraction of sp³-hybridized carbons (Fsp3) is 0.0870. The van der Waals surface area contributed by atoms with Gasteiger partial charge in [-0.2, -0.15) is 0 Å². The first-order valence-corrected chi connectivity index (χ1v) is 8.51. The number of nitrogens with one attached hydrogen (secondary N) is 1. The summed E-state index contributed by atoms with van der Waals surface area (Å²) in [6.07, 6.45) is 3.33. The molecule has 0 heterocycles. The lowest BCUT2D eigenvalue weighted by Crippen LogP contribution is -2.07. The van der Waals surface area contributed by atoms with Gasteiger partial charge in [0, 0.05) is 17.8 Å². The lowest BCUT2D eigenvalue weighted by atomic mass is 10.1. The van der Waals surface area contributed by atoms with Gasteiger partial charge in [0.15, 0.2) is 0 Å². The van der Waals surface area contributed by atoms with Crippen LogP contribution in [0.2, 0.25) is 0 Å². The van der Waals surface area contributed by atoms with E-state index < -0.39 is 0 Å². The molecule has 0 atom stereocenters. The average molecular weight is 343 g/mol. The number of hydrogen-bond donors (Lipinski definition) is 1. The molecule has 26 heavy (non-hydrogen) atoms. The van der Waals surface area contributed by atoms with Crippen molar-refractivity contribution >= 4 is 17.7 Å². The molecule has 3 rings (SSSR count). The van der Waals surface area contributed by atoms with Gasteiger partial charge in [-0.3, -0.25) is 4.79 Å². The van der Waals surface area contributed by atoms with Crippen molar-refractivity contribution in [1.29, 1.82) is 0 Å². The summed E-state index contributed by atoms with van der Waals surface area (Å²) in [5.74, 6) is 0.542. The summed E-state index contributed by atoms with van der Waals surface area (Å²) in [6, 6.07) is 25.4. The molecule has 0 radical (unpaired) electrons. The first kappa shape index (κ1) is 17.5. The van der Waals surface area contributed by atoms with Crippen LogP contribution in [-0.2, 0) is 11.4 Å². The maximum absolute atomic E-state index is 12.1. The van der Waals surface area contributed by atoms with E-state index in [-0.39, 0.29) is 5.91 Å². The average Bonchev–Trinajstić information content (AvgIpc) is 2.67. The Balaban J connectivity index is 1.57. The Kier molecular flexibility index (Phi) is 5.84. The molecule has 0 saturated carbocycles. The lowest BCUT2D eigenvalue weighted by Gasteiger charge is -2.08. The molecule has 3 nitrogen and oxygen atoms in total. The van der Waals surface area contributed by atoms with Crippen LogP contribution in [0.25, 0.3) is 6.08 Å². The van der Waals surface area contributed by atoms with Crippen LogP contribution in [0, 0.1) is 6.92 Å². The summed E-state index contributed by atoms with van der Waals surface area (Å²) in [5.41, 5.74) is 3.99. The predicted molar refractivity (Wildman–Crippen MR) is 106 cm³/mol. The minimum atomic E-state index is -0.175. The minimum Gasteiger partial charge on any atom is -0.489 e. The highest BCUT2D eigenvalue weighted by Crippen LogP contribution is 2.19. The van der Waals surface area contributed by atoms with Gasteiger partial charge in [-0.15, -0.1) is 0 Å². The van der Waals surface area contributed by atoms with Crippen LogP contribution in [-0.4, -0.2) is 5.91 Å². The molecule has 0 aliphatic carbocycles. The van der Waals surface area contributed by atoms with Gasteiger partial charge < -0.3 is 10.1 Å². The van der Waals surface area contributed by atoms with Crippen molar-refractivity contribution in [2.24, 2.45) is 0 Å². The normalized spacial score (nSPS) is 10.7. The third-order valence-electron chi connectivity index (χ3n) is 3.85. The second-order valence-electron chi connectivity index (χ2n) is 6.04. The second-order valence-corrected chi connectivity index (χ2v) is 6.04. The van der Waals surface area contributed by atoms with Gasteiger partial charge in [-0.05, 0) is 36.3 Å². The van der Waals surface area contributed by atoms with Crippen LogP contribution in [0.1, 0.15) is 16.7 Å². The molecular weight excluding hydrogens is 322 g/mol. The Labute approximate surface area is 154 Å². The number of ether oxygens (including phenoxy) is 1. The van der Waals surface area contributed by atoms with E-state index in [4.69, 9.17) is 4.74 Å². The van der Waals surface area contributed by atoms with Crippen LogP contribution in [0.3, 0.4) is 0 Å². The predicted octanol–water partition coefficient (Wildman–Crippen LogP) is 5.23. The van der Waals surface area contributed by atoms with Crippen molar-refractivity contribution in [2.75, 3.05) is 5.32 Å². The fourth-order valence-corrected chi connectivity index (χ4v) is 2.44. The maximum Gasteiger partial charge on any atom is 0.248 e. The van der Waals surface area contributed by atoms with Crippen molar-refractivity contribution in [3.05, 3.63) is 102 Å². The molecule has 130 valence electrons. The van der Waals surface area contributed by atoms with Crippen LogP contribution in [0.15, 0.2) is 84.9 Å². The summed E-state index contributed by atoms with van der Waals surface area (Å²) in [6.45, 7) is 2.53. The summed E-state index contributed by atoms with van der Waals surface area (Å²) in [4.78, 5) is 12.1. The number of hydrogen-bond acceptors (Lipinski definition) is 2. The zero-order valence-electron chi connectivity index (χ0n) is 14.7. The van der Waals surface area contributed by atoms with Gasteiger partial charge in [0.05, 0.1) is 0 Å². The molecular formula is C23H21NO2. The molecule has 3 aromatic carbocycles. The topological polar surface area (TPSA) is 38.3 Å². The molecule has 0 spiro atoms. The van der Waals surface area contributed by atoms with Gasteiger partial charge in [0.1, 0.15) is 12.4 Å². The monoisotopic (exact) mass is 343 g/mol. The molecule has 3 aromatic rings. The fourth-order valence-electron chi connectivity index (χ4n) is 2.44. The first-order chi connectivity index (χ1) is 12.7. The quantitative estimate of drug-likeness (QED) is 0.623. The van der Waals surface area contributed by atoms with E-state index >= 15 is 0 Å². The van der Waals surface area contributed by atoms with Gasteiger partial charge in [-0.25, -0.2) is 0 Å². The summed E-state index contributed by atoms with van der Waals surface area (Å²) in [5, 5.41) is 2.86. The molecule has 0 aliphatic heterocycles. The van der Waals surface area contributed by atoms with E-state index in [1.807, 2.05) is 85.8 Å². The standard InChI is InChI=1S/C23H21NO2/c1-18-10-12-19(13-11-18)14-15-23(25)24-21-8-5-9-22(16-21)26-17-20-6-3-2-4-7-20/h2-16H,17H2,1H3,(H,24,25)/b15-14+. The van der Waals surface area contributed by atoms with Crippen LogP contribution in [0.4, 0.5) is 5.69 Å². The van der Waals surface area contributed by atoms with Gasteiger partial charge in [0.2, 0.25) is 5.91 Å².